The second kappa shape index (κ2) is 10.2. The number of amides is 1. The molecule has 2 aromatic carbocycles. The van der Waals surface area contributed by atoms with Gasteiger partial charge in [0.15, 0.2) is 0 Å². The minimum atomic E-state index is -0.959. The SMILES string of the molecule is CCN(CC)C(=O)[C@H](OC(=O)/C=C/c1ccc(OC)cc1)c1ccccc1. The first-order valence-electron chi connectivity index (χ1n) is 8.95. The van der Waals surface area contributed by atoms with Crippen molar-refractivity contribution in [2.75, 3.05) is 20.2 Å². The number of benzene rings is 2. The van der Waals surface area contributed by atoms with Gasteiger partial charge in [0.2, 0.25) is 6.10 Å². The first-order chi connectivity index (χ1) is 13.1. The third kappa shape index (κ3) is 5.71. The lowest BCUT2D eigenvalue weighted by Gasteiger charge is -2.25. The standard InChI is InChI=1S/C22H25NO4/c1-4-23(5-2)22(25)21(18-9-7-6-8-10-18)27-20(24)16-13-17-11-14-19(26-3)15-12-17/h6-16,21H,4-5H2,1-3H3/b16-13+/t21-/m1/s1. The van der Waals surface area contributed by atoms with Crippen LogP contribution in [0.25, 0.3) is 6.08 Å². The number of carbonyl (C=O) groups excluding carboxylic acids is 2. The summed E-state index contributed by atoms with van der Waals surface area (Å²) in [5, 5.41) is 0. The summed E-state index contributed by atoms with van der Waals surface area (Å²) in [6.45, 7) is 4.90. The topological polar surface area (TPSA) is 55.8 Å². The Balaban J connectivity index is 2.14. The fourth-order valence-electron chi connectivity index (χ4n) is 2.62. The minimum absolute atomic E-state index is 0.225. The normalized spacial score (nSPS) is 11.8. The van der Waals surface area contributed by atoms with Gasteiger partial charge in [0.25, 0.3) is 5.91 Å². The molecule has 0 saturated heterocycles. The zero-order valence-electron chi connectivity index (χ0n) is 15.9. The van der Waals surface area contributed by atoms with Gasteiger partial charge >= 0.3 is 5.97 Å². The third-order valence-corrected chi connectivity index (χ3v) is 4.16. The van der Waals surface area contributed by atoms with Crippen LogP contribution in [-0.2, 0) is 14.3 Å². The quantitative estimate of drug-likeness (QED) is 0.525. The Morgan fingerprint density at radius 2 is 1.63 bits per heavy atom. The summed E-state index contributed by atoms with van der Waals surface area (Å²) in [7, 11) is 1.60. The summed E-state index contributed by atoms with van der Waals surface area (Å²) in [6, 6.07) is 16.3. The Morgan fingerprint density at radius 3 is 2.19 bits per heavy atom. The molecule has 0 aromatic heterocycles. The van der Waals surface area contributed by atoms with Gasteiger partial charge in [0, 0.05) is 24.7 Å². The molecule has 0 bridgehead atoms. The van der Waals surface area contributed by atoms with Crippen LogP contribution in [0.2, 0.25) is 0 Å². The van der Waals surface area contributed by atoms with Crippen LogP contribution >= 0.6 is 0 Å². The Bertz CT molecular complexity index is 765. The van der Waals surface area contributed by atoms with Crippen molar-refractivity contribution in [1.82, 2.24) is 4.90 Å². The maximum atomic E-state index is 12.8. The van der Waals surface area contributed by atoms with E-state index in [0.29, 0.717) is 18.7 Å². The van der Waals surface area contributed by atoms with Crippen molar-refractivity contribution in [3.63, 3.8) is 0 Å². The van der Waals surface area contributed by atoms with Gasteiger partial charge in [0.1, 0.15) is 5.75 Å². The molecule has 142 valence electrons. The summed E-state index contributed by atoms with van der Waals surface area (Å²) in [4.78, 5) is 26.8. The van der Waals surface area contributed by atoms with Crippen LogP contribution in [0.1, 0.15) is 31.1 Å². The second-order valence-electron chi connectivity index (χ2n) is 5.84. The molecule has 0 fully saturated rings. The van der Waals surface area contributed by atoms with Gasteiger partial charge in [-0.3, -0.25) is 4.79 Å². The van der Waals surface area contributed by atoms with Crippen molar-refractivity contribution < 1.29 is 19.1 Å². The number of hydrogen-bond acceptors (Lipinski definition) is 4. The maximum Gasteiger partial charge on any atom is 0.331 e. The van der Waals surface area contributed by atoms with Crippen LogP contribution in [0.5, 0.6) is 5.75 Å². The summed E-state index contributed by atoms with van der Waals surface area (Å²) in [6.07, 6.45) is 2.01. The zero-order chi connectivity index (χ0) is 19.6. The number of ether oxygens (including phenoxy) is 2. The largest absolute Gasteiger partial charge is 0.497 e. The average Bonchev–Trinajstić information content (AvgIpc) is 2.72. The maximum absolute atomic E-state index is 12.8. The predicted molar refractivity (Wildman–Crippen MR) is 105 cm³/mol. The highest BCUT2D eigenvalue weighted by molar-refractivity contribution is 5.91. The Labute approximate surface area is 160 Å². The second-order valence-corrected chi connectivity index (χ2v) is 5.84. The lowest BCUT2D eigenvalue weighted by molar-refractivity contribution is -0.157. The van der Waals surface area contributed by atoms with Gasteiger partial charge in [-0.25, -0.2) is 4.79 Å². The first kappa shape index (κ1) is 20.2. The summed E-state index contributed by atoms with van der Waals surface area (Å²) in [5.41, 5.74) is 1.49. The number of carbonyl (C=O) groups is 2. The van der Waals surface area contributed by atoms with E-state index in [4.69, 9.17) is 9.47 Å². The molecule has 0 spiro atoms. The molecule has 5 nitrogen and oxygen atoms in total. The van der Waals surface area contributed by atoms with E-state index in [9.17, 15) is 9.59 Å². The highest BCUT2D eigenvalue weighted by Gasteiger charge is 2.27. The monoisotopic (exact) mass is 367 g/mol. The molecular formula is C22H25NO4. The molecule has 1 amide bonds. The molecule has 5 heteroatoms. The Morgan fingerprint density at radius 1 is 1.00 bits per heavy atom. The Kier molecular flexibility index (Phi) is 7.62. The Hall–Kier alpha value is -3.08. The van der Waals surface area contributed by atoms with Crippen LogP contribution in [0.15, 0.2) is 60.7 Å². The van der Waals surface area contributed by atoms with Gasteiger partial charge in [-0.1, -0.05) is 42.5 Å². The highest BCUT2D eigenvalue weighted by Crippen LogP contribution is 2.21. The predicted octanol–water partition coefficient (Wildman–Crippen LogP) is 3.86. The summed E-state index contributed by atoms with van der Waals surface area (Å²) in [5.74, 6) is -0.0544. The molecule has 0 heterocycles. The number of likely N-dealkylation sites (N-methyl/N-ethyl adjacent to an activating group) is 1. The fourth-order valence-corrected chi connectivity index (χ4v) is 2.62. The molecule has 0 aliphatic carbocycles. The van der Waals surface area contributed by atoms with Crippen LogP contribution in [0.4, 0.5) is 0 Å². The van der Waals surface area contributed by atoms with Crippen LogP contribution in [-0.4, -0.2) is 37.0 Å². The van der Waals surface area contributed by atoms with Gasteiger partial charge in [0.05, 0.1) is 7.11 Å². The van der Waals surface area contributed by atoms with Crippen molar-refractivity contribution in [1.29, 1.82) is 0 Å². The molecule has 1 atom stereocenters. The molecule has 2 rings (SSSR count). The lowest BCUT2D eigenvalue weighted by atomic mass is 10.1. The van der Waals surface area contributed by atoms with Crippen molar-refractivity contribution in [2.24, 2.45) is 0 Å². The van der Waals surface area contributed by atoms with E-state index in [-0.39, 0.29) is 5.91 Å². The van der Waals surface area contributed by atoms with Crippen molar-refractivity contribution in [3.8, 4) is 5.75 Å². The number of rotatable bonds is 8. The zero-order valence-corrected chi connectivity index (χ0v) is 15.9. The molecule has 2 aromatic rings. The molecule has 0 aliphatic rings. The van der Waals surface area contributed by atoms with Gasteiger partial charge in [-0.2, -0.15) is 0 Å². The number of nitrogens with zero attached hydrogens (tertiary/aromatic N) is 1. The van der Waals surface area contributed by atoms with Crippen molar-refractivity contribution in [3.05, 3.63) is 71.8 Å². The summed E-state index contributed by atoms with van der Waals surface area (Å²) >= 11 is 0. The lowest BCUT2D eigenvalue weighted by Crippen LogP contribution is -2.36. The van der Waals surface area contributed by atoms with Crippen LogP contribution in [0, 0.1) is 0 Å². The molecule has 0 unspecified atom stereocenters. The van der Waals surface area contributed by atoms with E-state index >= 15 is 0 Å². The van der Waals surface area contributed by atoms with E-state index in [1.54, 1.807) is 30.2 Å². The molecule has 0 saturated carbocycles. The minimum Gasteiger partial charge on any atom is -0.497 e. The molecule has 0 aliphatic heterocycles. The number of esters is 1. The molecular weight excluding hydrogens is 342 g/mol. The fraction of sp³-hybridized carbons (Fsp3) is 0.273. The smallest absolute Gasteiger partial charge is 0.331 e. The number of hydrogen-bond donors (Lipinski definition) is 0. The van der Waals surface area contributed by atoms with Crippen LogP contribution < -0.4 is 4.74 Å². The van der Waals surface area contributed by atoms with Crippen molar-refractivity contribution >= 4 is 18.0 Å². The molecule has 0 radical (unpaired) electrons. The summed E-state index contributed by atoms with van der Waals surface area (Å²) < 4.78 is 10.6. The van der Waals surface area contributed by atoms with E-state index in [2.05, 4.69) is 0 Å². The van der Waals surface area contributed by atoms with E-state index in [1.807, 2.05) is 56.3 Å². The van der Waals surface area contributed by atoms with Gasteiger partial charge in [-0.15, -0.1) is 0 Å². The number of methoxy groups -OCH3 is 1. The molecule has 27 heavy (non-hydrogen) atoms. The van der Waals surface area contributed by atoms with E-state index < -0.39 is 12.1 Å². The first-order valence-corrected chi connectivity index (χ1v) is 8.95. The third-order valence-electron chi connectivity index (χ3n) is 4.16. The van der Waals surface area contributed by atoms with Crippen LogP contribution in [0.3, 0.4) is 0 Å². The molecule has 0 N–H and O–H groups in total. The van der Waals surface area contributed by atoms with E-state index in [1.165, 1.54) is 6.08 Å². The van der Waals surface area contributed by atoms with Gasteiger partial charge < -0.3 is 14.4 Å². The van der Waals surface area contributed by atoms with E-state index in [0.717, 1.165) is 11.3 Å². The van der Waals surface area contributed by atoms with Gasteiger partial charge in [-0.05, 0) is 37.6 Å². The average molecular weight is 367 g/mol. The van der Waals surface area contributed by atoms with Crippen molar-refractivity contribution in [2.45, 2.75) is 20.0 Å². The highest BCUT2D eigenvalue weighted by atomic mass is 16.5.